The number of guanidine groups is 1. The lowest BCUT2D eigenvalue weighted by atomic mass is 10.1. The van der Waals surface area contributed by atoms with Gasteiger partial charge in [-0.3, -0.25) is 9.89 Å². The Labute approximate surface area is 164 Å². The summed E-state index contributed by atoms with van der Waals surface area (Å²) in [5.41, 5.74) is 7.23. The smallest absolute Gasteiger partial charge is 0.188 e. The first kappa shape index (κ1) is 21.7. The molecule has 0 amide bonds. The topological polar surface area (TPSA) is 72.1 Å². The summed E-state index contributed by atoms with van der Waals surface area (Å²) >= 11 is 0. The van der Waals surface area contributed by atoms with E-state index in [4.69, 9.17) is 15.2 Å². The van der Waals surface area contributed by atoms with Crippen LogP contribution in [0.1, 0.15) is 38.2 Å². The van der Waals surface area contributed by atoms with Crippen molar-refractivity contribution in [2.24, 2.45) is 10.7 Å². The predicted octanol–water partition coefficient (Wildman–Crippen LogP) is 2.39. The van der Waals surface area contributed by atoms with Gasteiger partial charge in [0, 0.05) is 52.5 Å². The maximum atomic E-state index is 6.02. The van der Waals surface area contributed by atoms with Crippen molar-refractivity contribution in [1.82, 2.24) is 10.2 Å². The second kappa shape index (κ2) is 13.5. The molecule has 0 bridgehead atoms. The van der Waals surface area contributed by atoms with Gasteiger partial charge in [0.05, 0.1) is 6.10 Å². The molecule has 1 fully saturated rings. The standard InChI is InChI=1S/C21H36N4O2/c1-2-26-16-6-12-23-21(22)24-13-7-17-27-20-10-14-25(15-11-20)18-19-8-4-3-5-9-19/h3-5,8-9,20H,2,6-7,10-18H2,1H3,(H3,22,23,24). The first-order chi connectivity index (χ1) is 13.3. The minimum Gasteiger partial charge on any atom is -0.382 e. The fourth-order valence-electron chi connectivity index (χ4n) is 3.18. The molecule has 0 saturated carbocycles. The van der Waals surface area contributed by atoms with Gasteiger partial charge in [-0.1, -0.05) is 30.3 Å². The molecule has 0 radical (unpaired) electrons. The van der Waals surface area contributed by atoms with Gasteiger partial charge < -0.3 is 20.5 Å². The molecule has 0 unspecified atom stereocenters. The maximum Gasteiger partial charge on any atom is 0.188 e. The fourth-order valence-corrected chi connectivity index (χ4v) is 3.18. The molecule has 1 aromatic carbocycles. The van der Waals surface area contributed by atoms with Crippen LogP contribution in [0.3, 0.4) is 0 Å². The zero-order chi connectivity index (χ0) is 19.2. The highest BCUT2D eigenvalue weighted by Crippen LogP contribution is 2.16. The first-order valence-electron chi connectivity index (χ1n) is 10.3. The van der Waals surface area contributed by atoms with E-state index in [0.29, 0.717) is 18.6 Å². The van der Waals surface area contributed by atoms with E-state index in [-0.39, 0.29) is 0 Å². The summed E-state index contributed by atoms with van der Waals surface area (Å²) in [7, 11) is 0. The lowest BCUT2D eigenvalue weighted by molar-refractivity contribution is 0.00535. The summed E-state index contributed by atoms with van der Waals surface area (Å²) < 4.78 is 11.3. The Kier molecular flexibility index (Phi) is 10.9. The zero-order valence-corrected chi connectivity index (χ0v) is 16.7. The van der Waals surface area contributed by atoms with Crippen molar-refractivity contribution in [3.05, 3.63) is 35.9 Å². The van der Waals surface area contributed by atoms with Crippen LogP contribution in [0.2, 0.25) is 0 Å². The Morgan fingerprint density at radius 2 is 1.96 bits per heavy atom. The lowest BCUT2D eigenvalue weighted by Gasteiger charge is -2.32. The van der Waals surface area contributed by atoms with Crippen LogP contribution in [0.15, 0.2) is 35.3 Å². The van der Waals surface area contributed by atoms with E-state index in [1.54, 1.807) is 0 Å². The molecule has 0 aromatic heterocycles. The molecule has 3 N–H and O–H groups in total. The minimum absolute atomic E-state index is 0.390. The average molecular weight is 377 g/mol. The monoisotopic (exact) mass is 376 g/mol. The molecule has 6 nitrogen and oxygen atoms in total. The van der Waals surface area contributed by atoms with E-state index in [1.807, 2.05) is 6.92 Å². The molecule has 1 heterocycles. The molecule has 0 aliphatic carbocycles. The highest BCUT2D eigenvalue weighted by atomic mass is 16.5. The van der Waals surface area contributed by atoms with Crippen molar-refractivity contribution in [3.8, 4) is 0 Å². The van der Waals surface area contributed by atoms with Crippen LogP contribution in [0.25, 0.3) is 0 Å². The number of nitrogens with zero attached hydrogens (tertiary/aromatic N) is 2. The van der Waals surface area contributed by atoms with Crippen molar-refractivity contribution in [3.63, 3.8) is 0 Å². The van der Waals surface area contributed by atoms with E-state index in [0.717, 1.165) is 71.7 Å². The van der Waals surface area contributed by atoms with Crippen LogP contribution in [-0.4, -0.2) is 63.0 Å². The number of likely N-dealkylation sites (tertiary alicyclic amines) is 1. The molecule has 0 spiro atoms. The van der Waals surface area contributed by atoms with E-state index < -0.39 is 0 Å². The number of nitrogens with two attached hydrogens (primary N) is 1. The third-order valence-corrected chi connectivity index (χ3v) is 4.70. The van der Waals surface area contributed by atoms with Crippen molar-refractivity contribution < 1.29 is 9.47 Å². The first-order valence-corrected chi connectivity index (χ1v) is 10.3. The van der Waals surface area contributed by atoms with Gasteiger partial charge in [-0.25, -0.2) is 0 Å². The third-order valence-electron chi connectivity index (χ3n) is 4.70. The third kappa shape index (κ3) is 9.75. The Hall–Kier alpha value is -1.63. The van der Waals surface area contributed by atoms with Gasteiger partial charge in [-0.05, 0) is 38.2 Å². The molecule has 0 atom stereocenters. The Morgan fingerprint density at radius 3 is 2.70 bits per heavy atom. The van der Waals surface area contributed by atoms with Gasteiger partial charge in [0.2, 0.25) is 0 Å². The van der Waals surface area contributed by atoms with Crippen molar-refractivity contribution in [2.45, 2.75) is 45.3 Å². The molecule has 152 valence electrons. The van der Waals surface area contributed by atoms with E-state index >= 15 is 0 Å². The second-order valence-electron chi connectivity index (χ2n) is 6.93. The number of hydrogen-bond acceptors (Lipinski definition) is 4. The van der Waals surface area contributed by atoms with Crippen LogP contribution in [0.5, 0.6) is 0 Å². The predicted molar refractivity (Wildman–Crippen MR) is 111 cm³/mol. The molecule has 1 saturated heterocycles. The van der Waals surface area contributed by atoms with Gasteiger partial charge >= 0.3 is 0 Å². The molecule has 27 heavy (non-hydrogen) atoms. The largest absolute Gasteiger partial charge is 0.382 e. The lowest BCUT2D eigenvalue weighted by Crippen LogP contribution is -2.37. The Bertz CT molecular complexity index is 516. The van der Waals surface area contributed by atoms with Crippen LogP contribution < -0.4 is 11.1 Å². The number of aliphatic imine (C=N–C) groups is 1. The Morgan fingerprint density at radius 1 is 1.19 bits per heavy atom. The summed E-state index contributed by atoms with van der Waals surface area (Å²) in [5, 5.41) is 3.14. The average Bonchev–Trinajstić information content (AvgIpc) is 2.69. The van der Waals surface area contributed by atoms with Crippen LogP contribution in [0.4, 0.5) is 0 Å². The fraction of sp³-hybridized carbons (Fsp3) is 0.667. The van der Waals surface area contributed by atoms with E-state index in [1.165, 1.54) is 5.56 Å². The number of piperidine rings is 1. The van der Waals surface area contributed by atoms with E-state index in [2.05, 4.69) is 45.5 Å². The summed E-state index contributed by atoms with van der Waals surface area (Å²) in [6.07, 6.45) is 4.47. The van der Waals surface area contributed by atoms with Gasteiger partial charge in [-0.15, -0.1) is 0 Å². The minimum atomic E-state index is 0.390. The Balaban J connectivity index is 1.47. The summed E-state index contributed by atoms with van der Waals surface area (Å²) in [4.78, 5) is 6.80. The summed E-state index contributed by atoms with van der Waals surface area (Å²) in [5.74, 6) is 0.515. The number of hydrogen-bond donors (Lipinski definition) is 2. The molecule has 2 rings (SSSR count). The molecule has 1 aliphatic heterocycles. The van der Waals surface area contributed by atoms with Crippen molar-refractivity contribution >= 4 is 5.96 Å². The van der Waals surface area contributed by atoms with E-state index in [9.17, 15) is 0 Å². The molecule has 6 heteroatoms. The SMILES string of the molecule is CCOCCCN=C(N)NCCCOC1CCN(Cc2ccccc2)CC1. The highest BCUT2D eigenvalue weighted by molar-refractivity contribution is 5.77. The molecule has 1 aliphatic rings. The number of nitrogens with one attached hydrogen (secondary N) is 1. The van der Waals surface area contributed by atoms with Crippen LogP contribution in [-0.2, 0) is 16.0 Å². The number of ether oxygens (including phenoxy) is 2. The van der Waals surface area contributed by atoms with Crippen molar-refractivity contribution in [1.29, 1.82) is 0 Å². The summed E-state index contributed by atoms with van der Waals surface area (Å²) in [6, 6.07) is 10.7. The second-order valence-corrected chi connectivity index (χ2v) is 6.93. The highest BCUT2D eigenvalue weighted by Gasteiger charge is 2.19. The zero-order valence-electron chi connectivity index (χ0n) is 16.7. The van der Waals surface area contributed by atoms with Crippen LogP contribution in [0, 0.1) is 0 Å². The van der Waals surface area contributed by atoms with Gasteiger partial charge in [-0.2, -0.15) is 0 Å². The molecule has 1 aromatic rings. The number of benzene rings is 1. The molecular weight excluding hydrogens is 340 g/mol. The summed E-state index contributed by atoms with van der Waals surface area (Å²) in [6.45, 7) is 9.03. The van der Waals surface area contributed by atoms with Gasteiger partial charge in [0.25, 0.3) is 0 Å². The quantitative estimate of drug-likeness (QED) is 0.333. The van der Waals surface area contributed by atoms with Gasteiger partial charge in [0.15, 0.2) is 5.96 Å². The van der Waals surface area contributed by atoms with Gasteiger partial charge in [0.1, 0.15) is 0 Å². The maximum absolute atomic E-state index is 6.02. The normalized spacial score (nSPS) is 16.6. The number of rotatable bonds is 12. The molecular formula is C21H36N4O2. The van der Waals surface area contributed by atoms with Crippen LogP contribution >= 0.6 is 0 Å². The van der Waals surface area contributed by atoms with Crippen molar-refractivity contribution in [2.75, 3.05) is 46.0 Å².